The van der Waals surface area contributed by atoms with Gasteiger partial charge in [-0.15, -0.1) is 0 Å². The van der Waals surface area contributed by atoms with Crippen LogP contribution in [0.15, 0.2) is 18.2 Å². The number of carboxylic acids is 1. The minimum Gasteiger partial charge on any atom is -0.481 e. The van der Waals surface area contributed by atoms with E-state index in [1.54, 1.807) is 13.0 Å². The van der Waals surface area contributed by atoms with E-state index in [-0.39, 0.29) is 17.6 Å². The Morgan fingerprint density at radius 1 is 1.47 bits per heavy atom. The van der Waals surface area contributed by atoms with Crippen molar-refractivity contribution in [3.05, 3.63) is 33.9 Å². The molecule has 0 radical (unpaired) electrons. The third-order valence-corrected chi connectivity index (χ3v) is 3.56. The first-order valence-corrected chi connectivity index (χ1v) is 6.21. The van der Waals surface area contributed by atoms with Gasteiger partial charge in [-0.1, -0.05) is 0 Å². The first-order valence-electron chi connectivity index (χ1n) is 6.21. The normalized spacial score (nSPS) is 22.2. The second-order valence-corrected chi connectivity index (χ2v) is 4.95. The minimum absolute atomic E-state index is 0.0675. The van der Waals surface area contributed by atoms with Crippen molar-refractivity contribution >= 4 is 17.3 Å². The highest BCUT2D eigenvalue weighted by Crippen LogP contribution is 2.30. The lowest BCUT2D eigenvalue weighted by Gasteiger charge is -2.15. The molecular formula is C13H16N2O4. The van der Waals surface area contributed by atoms with E-state index in [1.807, 2.05) is 0 Å². The molecule has 0 aliphatic heterocycles. The molecule has 1 aliphatic rings. The summed E-state index contributed by atoms with van der Waals surface area (Å²) in [4.78, 5) is 21.1. The molecule has 6 heteroatoms. The second-order valence-electron chi connectivity index (χ2n) is 4.95. The Labute approximate surface area is 110 Å². The number of hydrogen-bond acceptors (Lipinski definition) is 4. The number of carboxylic acid groups (broad SMARTS) is 1. The predicted octanol–water partition coefficient (Wildman–Crippen LogP) is 2.57. The maximum atomic E-state index is 10.9. The molecule has 0 heterocycles. The highest BCUT2D eigenvalue weighted by atomic mass is 16.6. The molecule has 1 aliphatic carbocycles. The summed E-state index contributed by atoms with van der Waals surface area (Å²) in [5.74, 6) is -1.03. The highest BCUT2D eigenvalue weighted by molar-refractivity contribution is 5.70. The van der Waals surface area contributed by atoms with E-state index >= 15 is 0 Å². The van der Waals surface area contributed by atoms with E-state index in [0.717, 1.165) is 17.7 Å². The first-order chi connectivity index (χ1) is 8.97. The quantitative estimate of drug-likeness (QED) is 0.644. The molecule has 2 N–H and O–H groups in total. The second kappa shape index (κ2) is 5.26. The van der Waals surface area contributed by atoms with Crippen molar-refractivity contribution < 1.29 is 14.8 Å². The number of rotatable bonds is 4. The van der Waals surface area contributed by atoms with Gasteiger partial charge in [-0.3, -0.25) is 14.9 Å². The number of aryl methyl sites for hydroxylation is 1. The van der Waals surface area contributed by atoms with Gasteiger partial charge in [0.05, 0.1) is 10.8 Å². The van der Waals surface area contributed by atoms with Crippen molar-refractivity contribution in [2.45, 2.75) is 32.2 Å². The molecule has 0 aromatic heterocycles. The molecular weight excluding hydrogens is 248 g/mol. The number of hydrogen-bond donors (Lipinski definition) is 2. The zero-order valence-corrected chi connectivity index (χ0v) is 10.6. The van der Waals surface area contributed by atoms with Crippen LogP contribution in [0, 0.1) is 23.0 Å². The van der Waals surface area contributed by atoms with Gasteiger partial charge in [0.15, 0.2) is 0 Å². The van der Waals surface area contributed by atoms with Crippen LogP contribution in [0.2, 0.25) is 0 Å². The van der Waals surface area contributed by atoms with E-state index in [0.29, 0.717) is 12.8 Å². The summed E-state index contributed by atoms with van der Waals surface area (Å²) in [6.45, 7) is 1.80. The average Bonchev–Trinajstić information content (AvgIpc) is 2.80. The third kappa shape index (κ3) is 3.01. The SMILES string of the molecule is Cc1cc([N+](=O)[O-])ccc1N[C@H]1CC[C@@H](C(=O)O)C1. The van der Waals surface area contributed by atoms with Crippen LogP contribution in [-0.2, 0) is 4.79 Å². The fourth-order valence-electron chi connectivity index (χ4n) is 2.48. The van der Waals surface area contributed by atoms with E-state index in [2.05, 4.69) is 5.32 Å². The number of aliphatic carboxylic acids is 1. The molecule has 1 fully saturated rings. The van der Waals surface area contributed by atoms with Gasteiger partial charge in [0.1, 0.15) is 0 Å². The Morgan fingerprint density at radius 3 is 2.74 bits per heavy atom. The van der Waals surface area contributed by atoms with Crippen LogP contribution in [-0.4, -0.2) is 22.0 Å². The molecule has 1 aromatic carbocycles. The van der Waals surface area contributed by atoms with Crippen LogP contribution in [0.1, 0.15) is 24.8 Å². The molecule has 19 heavy (non-hydrogen) atoms. The molecule has 1 aromatic rings. The maximum absolute atomic E-state index is 10.9. The lowest BCUT2D eigenvalue weighted by molar-refractivity contribution is -0.384. The van der Waals surface area contributed by atoms with Crippen LogP contribution in [0.25, 0.3) is 0 Å². The van der Waals surface area contributed by atoms with Crippen LogP contribution in [0.4, 0.5) is 11.4 Å². The van der Waals surface area contributed by atoms with E-state index in [4.69, 9.17) is 5.11 Å². The molecule has 2 rings (SSSR count). The molecule has 2 atom stereocenters. The molecule has 0 spiro atoms. The number of non-ortho nitro benzene ring substituents is 1. The van der Waals surface area contributed by atoms with Gasteiger partial charge in [-0.25, -0.2) is 0 Å². The maximum Gasteiger partial charge on any atom is 0.306 e. The lowest BCUT2D eigenvalue weighted by Crippen LogP contribution is -2.18. The van der Waals surface area contributed by atoms with Gasteiger partial charge in [-0.05, 0) is 37.8 Å². The molecule has 1 saturated carbocycles. The van der Waals surface area contributed by atoms with E-state index in [9.17, 15) is 14.9 Å². The van der Waals surface area contributed by atoms with Crippen molar-refractivity contribution in [2.75, 3.05) is 5.32 Å². The van der Waals surface area contributed by atoms with Crippen LogP contribution in [0.3, 0.4) is 0 Å². The van der Waals surface area contributed by atoms with Crippen molar-refractivity contribution in [3.8, 4) is 0 Å². The summed E-state index contributed by atoms with van der Waals surface area (Å²) >= 11 is 0. The van der Waals surface area contributed by atoms with Crippen LogP contribution in [0.5, 0.6) is 0 Å². The monoisotopic (exact) mass is 264 g/mol. The molecule has 0 amide bonds. The number of nitrogens with one attached hydrogen (secondary N) is 1. The molecule has 0 bridgehead atoms. The Bertz CT molecular complexity index is 515. The van der Waals surface area contributed by atoms with Gasteiger partial charge in [0.2, 0.25) is 0 Å². The minimum atomic E-state index is -0.746. The molecule has 6 nitrogen and oxygen atoms in total. The molecule has 102 valence electrons. The van der Waals surface area contributed by atoms with Gasteiger partial charge < -0.3 is 10.4 Å². The van der Waals surface area contributed by atoms with Gasteiger partial charge in [-0.2, -0.15) is 0 Å². The Kier molecular flexibility index (Phi) is 3.69. The van der Waals surface area contributed by atoms with E-state index < -0.39 is 10.9 Å². The van der Waals surface area contributed by atoms with Crippen molar-refractivity contribution in [1.29, 1.82) is 0 Å². The number of nitro benzene ring substituents is 1. The Balaban J connectivity index is 2.04. The fourth-order valence-corrected chi connectivity index (χ4v) is 2.48. The van der Waals surface area contributed by atoms with Crippen LogP contribution >= 0.6 is 0 Å². The summed E-state index contributed by atoms with van der Waals surface area (Å²) in [5, 5.41) is 22.9. The van der Waals surface area contributed by atoms with E-state index in [1.165, 1.54) is 12.1 Å². The third-order valence-electron chi connectivity index (χ3n) is 3.56. The van der Waals surface area contributed by atoms with Gasteiger partial charge in [0.25, 0.3) is 5.69 Å². The summed E-state index contributed by atoms with van der Waals surface area (Å²) in [5.41, 5.74) is 1.70. The Hall–Kier alpha value is -2.11. The average molecular weight is 264 g/mol. The molecule has 0 saturated heterocycles. The standard InChI is InChI=1S/C13H16N2O4/c1-8-6-11(15(18)19)4-5-12(8)14-10-3-2-9(7-10)13(16)17/h4-6,9-10,14H,2-3,7H2,1H3,(H,16,17)/t9-,10+/m1/s1. The Morgan fingerprint density at radius 2 is 2.21 bits per heavy atom. The lowest BCUT2D eigenvalue weighted by atomic mass is 10.1. The van der Waals surface area contributed by atoms with Crippen LogP contribution < -0.4 is 5.32 Å². The van der Waals surface area contributed by atoms with Crippen molar-refractivity contribution in [3.63, 3.8) is 0 Å². The summed E-state index contributed by atoms with van der Waals surface area (Å²) < 4.78 is 0. The molecule has 0 unspecified atom stereocenters. The van der Waals surface area contributed by atoms with Crippen molar-refractivity contribution in [1.82, 2.24) is 0 Å². The summed E-state index contributed by atoms with van der Waals surface area (Å²) in [6.07, 6.45) is 2.10. The van der Waals surface area contributed by atoms with Crippen molar-refractivity contribution in [2.24, 2.45) is 5.92 Å². The highest BCUT2D eigenvalue weighted by Gasteiger charge is 2.29. The zero-order valence-electron chi connectivity index (χ0n) is 10.6. The largest absolute Gasteiger partial charge is 0.481 e. The number of carbonyl (C=O) groups is 1. The summed E-state index contributed by atoms with van der Waals surface area (Å²) in [7, 11) is 0. The van der Waals surface area contributed by atoms with Gasteiger partial charge in [0, 0.05) is 23.9 Å². The summed E-state index contributed by atoms with van der Waals surface area (Å²) in [6, 6.07) is 4.79. The number of benzene rings is 1. The number of nitro groups is 1. The fraction of sp³-hybridized carbons (Fsp3) is 0.462. The topological polar surface area (TPSA) is 92.5 Å². The smallest absolute Gasteiger partial charge is 0.306 e. The first kappa shape index (κ1) is 13.3. The number of anilines is 1. The number of nitrogens with zero attached hydrogens (tertiary/aromatic N) is 1. The van der Waals surface area contributed by atoms with Gasteiger partial charge >= 0.3 is 5.97 Å². The predicted molar refractivity (Wildman–Crippen MR) is 70.2 cm³/mol. The zero-order chi connectivity index (χ0) is 14.0.